The van der Waals surface area contributed by atoms with E-state index in [2.05, 4.69) is 9.88 Å². The van der Waals surface area contributed by atoms with E-state index in [4.69, 9.17) is 4.74 Å². The molecule has 0 N–H and O–H groups in total. The number of carbonyl (C=O) groups is 1. The second-order valence-electron chi connectivity index (χ2n) is 5.76. The maximum Gasteiger partial charge on any atom is 0.266 e. The minimum Gasteiger partial charge on any atom is -0.378 e. The molecule has 0 unspecified atom stereocenters. The minimum absolute atomic E-state index is 0.123. The molecule has 2 aliphatic heterocycles. The molecule has 0 aromatic carbocycles. The van der Waals surface area contributed by atoms with Gasteiger partial charge in [-0.2, -0.15) is 0 Å². The first-order valence-corrected chi connectivity index (χ1v) is 8.61. The Morgan fingerprint density at radius 2 is 1.90 bits per heavy atom. The van der Waals surface area contributed by atoms with Gasteiger partial charge < -0.3 is 9.64 Å². The van der Waals surface area contributed by atoms with E-state index in [0.29, 0.717) is 26.3 Å². The number of piperidine rings is 1. The van der Waals surface area contributed by atoms with Gasteiger partial charge in [0.15, 0.2) is 0 Å². The monoisotopic (exact) mass is 309 g/mol. The van der Waals surface area contributed by atoms with Crippen LogP contribution in [0.2, 0.25) is 0 Å². The highest BCUT2D eigenvalue weighted by molar-refractivity contribution is 7.13. The van der Waals surface area contributed by atoms with E-state index >= 15 is 0 Å². The molecule has 0 aliphatic carbocycles. The van der Waals surface area contributed by atoms with Crippen LogP contribution in [0.1, 0.15) is 39.6 Å². The van der Waals surface area contributed by atoms with E-state index in [1.54, 1.807) is 11.3 Å². The summed E-state index contributed by atoms with van der Waals surface area (Å²) in [7, 11) is 0. The average molecular weight is 309 g/mol. The molecule has 1 aromatic rings. The molecule has 2 saturated heterocycles. The zero-order valence-corrected chi connectivity index (χ0v) is 13.5. The fraction of sp³-hybridized carbons (Fsp3) is 0.733. The lowest BCUT2D eigenvalue weighted by Crippen LogP contribution is -2.40. The Hall–Kier alpha value is -0.980. The van der Waals surface area contributed by atoms with Crippen LogP contribution in [-0.4, -0.2) is 60.1 Å². The number of carbonyl (C=O) groups excluding carboxylic acids is 1. The third-order valence-corrected chi connectivity index (χ3v) is 5.27. The van der Waals surface area contributed by atoms with E-state index in [1.807, 2.05) is 11.8 Å². The van der Waals surface area contributed by atoms with Crippen LogP contribution in [0.4, 0.5) is 0 Å². The molecule has 5 nitrogen and oxygen atoms in total. The highest BCUT2D eigenvalue weighted by atomic mass is 32.1. The molecule has 1 aromatic heterocycles. The standard InChI is InChI=1S/C15H23N3O2S/c1-12-14(15(19)18-7-9-20-10-8-18)21-13(16-12)11-17-5-3-2-4-6-17/h2-11H2,1H3. The largest absolute Gasteiger partial charge is 0.378 e. The Morgan fingerprint density at radius 1 is 1.19 bits per heavy atom. The van der Waals surface area contributed by atoms with Crippen LogP contribution in [0.3, 0.4) is 0 Å². The highest BCUT2D eigenvalue weighted by Gasteiger charge is 2.23. The maximum absolute atomic E-state index is 12.6. The first kappa shape index (κ1) is 14.9. The molecular formula is C15H23N3O2S. The molecule has 1 amide bonds. The first-order valence-electron chi connectivity index (χ1n) is 7.80. The molecule has 0 atom stereocenters. The van der Waals surface area contributed by atoms with E-state index in [0.717, 1.165) is 35.2 Å². The van der Waals surface area contributed by atoms with E-state index in [9.17, 15) is 4.79 Å². The number of aromatic nitrogens is 1. The molecule has 116 valence electrons. The van der Waals surface area contributed by atoms with Gasteiger partial charge in [-0.05, 0) is 32.9 Å². The van der Waals surface area contributed by atoms with Crippen molar-refractivity contribution in [3.8, 4) is 0 Å². The van der Waals surface area contributed by atoms with Gasteiger partial charge in [-0.25, -0.2) is 4.98 Å². The topological polar surface area (TPSA) is 45.7 Å². The molecule has 2 aliphatic rings. The van der Waals surface area contributed by atoms with Gasteiger partial charge in [0.1, 0.15) is 9.88 Å². The summed E-state index contributed by atoms with van der Waals surface area (Å²) in [5.74, 6) is 0.123. The Balaban J connectivity index is 1.66. The third-order valence-electron chi connectivity index (χ3n) is 4.14. The van der Waals surface area contributed by atoms with Gasteiger partial charge in [-0.3, -0.25) is 9.69 Å². The molecule has 0 saturated carbocycles. The first-order chi connectivity index (χ1) is 10.2. The van der Waals surface area contributed by atoms with Gasteiger partial charge in [-0.15, -0.1) is 11.3 Å². The Morgan fingerprint density at radius 3 is 2.62 bits per heavy atom. The zero-order chi connectivity index (χ0) is 14.7. The van der Waals surface area contributed by atoms with Crippen LogP contribution in [0.25, 0.3) is 0 Å². The van der Waals surface area contributed by atoms with Crippen molar-refractivity contribution < 1.29 is 9.53 Å². The summed E-state index contributed by atoms with van der Waals surface area (Å²) in [4.78, 5) is 22.3. The van der Waals surface area contributed by atoms with Gasteiger partial charge >= 0.3 is 0 Å². The number of likely N-dealkylation sites (tertiary alicyclic amines) is 1. The number of thiazole rings is 1. The quantitative estimate of drug-likeness (QED) is 0.855. The van der Waals surface area contributed by atoms with Crippen molar-refractivity contribution in [3.05, 3.63) is 15.6 Å². The molecule has 6 heteroatoms. The molecule has 3 heterocycles. The predicted molar refractivity (Wildman–Crippen MR) is 82.7 cm³/mol. The number of aryl methyl sites for hydroxylation is 1. The van der Waals surface area contributed by atoms with Crippen molar-refractivity contribution in [1.29, 1.82) is 0 Å². The predicted octanol–water partition coefficient (Wildman–Crippen LogP) is 1.91. The number of nitrogens with zero attached hydrogens (tertiary/aromatic N) is 3. The summed E-state index contributed by atoms with van der Waals surface area (Å²) in [6, 6.07) is 0. The van der Waals surface area contributed by atoms with E-state index < -0.39 is 0 Å². The molecule has 2 fully saturated rings. The lowest BCUT2D eigenvalue weighted by Gasteiger charge is -2.26. The van der Waals surface area contributed by atoms with Gasteiger partial charge in [0.25, 0.3) is 5.91 Å². The Kier molecular flexibility index (Phi) is 4.87. The molecule has 0 radical (unpaired) electrons. The SMILES string of the molecule is Cc1nc(CN2CCCCC2)sc1C(=O)N1CCOCC1. The van der Waals surface area contributed by atoms with Crippen LogP contribution in [0, 0.1) is 6.92 Å². The number of rotatable bonds is 3. The number of ether oxygens (including phenoxy) is 1. The second kappa shape index (κ2) is 6.85. The van der Waals surface area contributed by atoms with E-state index in [1.165, 1.54) is 19.3 Å². The van der Waals surface area contributed by atoms with Crippen molar-refractivity contribution in [2.24, 2.45) is 0 Å². The minimum atomic E-state index is 0.123. The Bertz CT molecular complexity index is 491. The fourth-order valence-electron chi connectivity index (χ4n) is 2.94. The summed E-state index contributed by atoms with van der Waals surface area (Å²) in [5.41, 5.74) is 0.878. The molecule has 0 spiro atoms. The normalized spacial score (nSPS) is 20.7. The number of amides is 1. The fourth-order valence-corrected chi connectivity index (χ4v) is 4.01. The molecule has 21 heavy (non-hydrogen) atoms. The Labute approximate surface area is 129 Å². The van der Waals surface area contributed by atoms with Crippen molar-refractivity contribution >= 4 is 17.2 Å². The lowest BCUT2D eigenvalue weighted by molar-refractivity contribution is 0.0305. The van der Waals surface area contributed by atoms with Gasteiger partial charge in [0.2, 0.25) is 0 Å². The zero-order valence-electron chi connectivity index (χ0n) is 12.6. The average Bonchev–Trinajstić information content (AvgIpc) is 2.89. The van der Waals surface area contributed by atoms with Gasteiger partial charge in [0.05, 0.1) is 25.5 Å². The molecule has 0 bridgehead atoms. The van der Waals surface area contributed by atoms with Gasteiger partial charge in [-0.1, -0.05) is 6.42 Å². The van der Waals surface area contributed by atoms with Crippen LogP contribution < -0.4 is 0 Å². The smallest absolute Gasteiger partial charge is 0.266 e. The molecule has 3 rings (SSSR count). The third kappa shape index (κ3) is 3.62. The molecular weight excluding hydrogens is 286 g/mol. The second-order valence-corrected chi connectivity index (χ2v) is 6.85. The van der Waals surface area contributed by atoms with Crippen molar-refractivity contribution in [3.63, 3.8) is 0 Å². The summed E-state index contributed by atoms with van der Waals surface area (Å²) in [6.07, 6.45) is 3.90. The van der Waals surface area contributed by atoms with Gasteiger partial charge in [0, 0.05) is 13.1 Å². The van der Waals surface area contributed by atoms with Crippen molar-refractivity contribution in [1.82, 2.24) is 14.8 Å². The summed E-state index contributed by atoms with van der Waals surface area (Å²) >= 11 is 1.57. The number of morpholine rings is 1. The summed E-state index contributed by atoms with van der Waals surface area (Å²) in [5, 5.41) is 1.08. The van der Waals surface area contributed by atoms with Crippen LogP contribution in [0.15, 0.2) is 0 Å². The highest BCUT2D eigenvalue weighted by Crippen LogP contribution is 2.23. The summed E-state index contributed by atoms with van der Waals surface area (Å²) in [6.45, 7) is 7.83. The van der Waals surface area contributed by atoms with Crippen molar-refractivity contribution in [2.45, 2.75) is 32.7 Å². The van der Waals surface area contributed by atoms with Crippen LogP contribution in [0.5, 0.6) is 0 Å². The maximum atomic E-state index is 12.6. The lowest BCUT2D eigenvalue weighted by atomic mass is 10.1. The number of hydrogen-bond donors (Lipinski definition) is 0. The van der Waals surface area contributed by atoms with Crippen LogP contribution in [-0.2, 0) is 11.3 Å². The van der Waals surface area contributed by atoms with Crippen LogP contribution >= 0.6 is 11.3 Å². The van der Waals surface area contributed by atoms with Crippen molar-refractivity contribution in [2.75, 3.05) is 39.4 Å². The van der Waals surface area contributed by atoms with E-state index in [-0.39, 0.29) is 5.91 Å². The number of hydrogen-bond acceptors (Lipinski definition) is 5. The summed E-state index contributed by atoms with van der Waals surface area (Å²) < 4.78 is 5.31.